The summed E-state index contributed by atoms with van der Waals surface area (Å²) in [7, 11) is 0. The van der Waals surface area contributed by atoms with Crippen molar-refractivity contribution in [1.29, 1.82) is 0 Å². The third-order valence-corrected chi connectivity index (χ3v) is 3.35. The Morgan fingerprint density at radius 1 is 1.43 bits per heavy atom. The summed E-state index contributed by atoms with van der Waals surface area (Å²) in [6.45, 7) is 3.80. The lowest BCUT2D eigenvalue weighted by Crippen LogP contribution is -2.40. The van der Waals surface area contributed by atoms with Gasteiger partial charge in [-0.1, -0.05) is 5.16 Å². The molecule has 3 heterocycles. The molecule has 0 aliphatic carbocycles. The molecule has 21 heavy (non-hydrogen) atoms. The van der Waals surface area contributed by atoms with Crippen molar-refractivity contribution in [3.05, 3.63) is 34.5 Å². The van der Waals surface area contributed by atoms with E-state index in [0.29, 0.717) is 23.8 Å². The van der Waals surface area contributed by atoms with Gasteiger partial charge in [-0.3, -0.25) is 9.69 Å². The zero-order valence-electron chi connectivity index (χ0n) is 11.5. The fourth-order valence-electron chi connectivity index (χ4n) is 2.22. The second kappa shape index (κ2) is 6.17. The minimum absolute atomic E-state index is 0.218. The Morgan fingerprint density at radius 2 is 2.24 bits per heavy atom. The normalized spacial score (nSPS) is 17.8. The van der Waals surface area contributed by atoms with E-state index in [2.05, 4.69) is 20.0 Å². The zero-order valence-corrected chi connectivity index (χ0v) is 11.5. The number of nitrogens with one attached hydrogen (secondary N) is 1. The smallest absolute Gasteiger partial charge is 0.258 e. The standard InChI is InChI=1S/C13H17N5O3/c14-10(8-18-3-5-20-6-4-18)12-16-13(21-17-12)9-1-2-15-11(19)7-9/h1-2,7,10H,3-6,8,14H2,(H,15,19). The summed E-state index contributed by atoms with van der Waals surface area (Å²) in [5, 5.41) is 3.91. The van der Waals surface area contributed by atoms with Crippen LogP contribution in [0.5, 0.6) is 0 Å². The van der Waals surface area contributed by atoms with E-state index < -0.39 is 0 Å². The lowest BCUT2D eigenvalue weighted by Gasteiger charge is -2.27. The highest BCUT2D eigenvalue weighted by atomic mass is 16.5. The average molecular weight is 291 g/mol. The number of nitrogens with two attached hydrogens (primary N) is 1. The Labute approximate surface area is 120 Å². The number of pyridine rings is 1. The summed E-state index contributed by atoms with van der Waals surface area (Å²) < 4.78 is 10.5. The third-order valence-electron chi connectivity index (χ3n) is 3.35. The molecule has 1 unspecified atom stereocenters. The average Bonchev–Trinajstić information content (AvgIpc) is 2.98. The second-order valence-electron chi connectivity index (χ2n) is 4.92. The van der Waals surface area contributed by atoms with Crippen molar-refractivity contribution >= 4 is 0 Å². The Balaban J connectivity index is 1.70. The zero-order chi connectivity index (χ0) is 14.7. The summed E-state index contributed by atoms with van der Waals surface area (Å²) in [5.74, 6) is 0.741. The highest BCUT2D eigenvalue weighted by molar-refractivity contribution is 5.51. The topological polar surface area (TPSA) is 110 Å². The van der Waals surface area contributed by atoms with Crippen LogP contribution in [0.15, 0.2) is 27.6 Å². The Kier molecular flexibility index (Phi) is 4.09. The molecule has 8 heteroatoms. The SMILES string of the molecule is NC(CN1CCOCC1)c1noc(-c2cc[nH]c(=O)c2)n1. The van der Waals surface area contributed by atoms with Crippen molar-refractivity contribution in [3.8, 4) is 11.5 Å². The van der Waals surface area contributed by atoms with E-state index in [1.165, 1.54) is 12.3 Å². The van der Waals surface area contributed by atoms with Gasteiger partial charge in [0, 0.05) is 37.5 Å². The van der Waals surface area contributed by atoms with Gasteiger partial charge < -0.3 is 20.0 Å². The van der Waals surface area contributed by atoms with Crippen LogP contribution in [0.3, 0.4) is 0 Å². The van der Waals surface area contributed by atoms with E-state index in [9.17, 15) is 4.79 Å². The first-order valence-corrected chi connectivity index (χ1v) is 6.81. The molecule has 2 aromatic rings. The van der Waals surface area contributed by atoms with Gasteiger partial charge in [0.1, 0.15) is 0 Å². The van der Waals surface area contributed by atoms with Crippen LogP contribution in [0.4, 0.5) is 0 Å². The van der Waals surface area contributed by atoms with Crippen LogP contribution < -0.4 is 11.3 Å². The van der Waals surface area contributed by atoms with Crippen LogP contribution in [0, 0.1) is 0 Å². The molecule has 3 rings (SSSR count). The molecule has 2 aromatic heterocycles. The van der Waals surface area contributed by atoms with Crippen LogP contribution in [0.25, 0.3) is 11.5 Å². The van der Waals surface area contributed by atoms with Gasteiger partial charge in [0.15, 0.2) is 5.82 Å². The Bertz CT molecular complexity index is 647. The van der Waals surface area contributed by atoms with Gasteiger partial charge in [-0.25, -0.2) is 0 Å². The van der Waals surface area contributed by atoms with Gasteiger partial charge in [-0.05, 0) is 6.07 Å². The van der Waals surface area contributed by atoms with Crippen LogP contribution in [-0.4, -0.2) is 52.9 Å². The Hall–Kier alpha value is -2.03. The molecule has 1 aliphatic heterocycles. The predicted molar refractivity (Wildman–Crippen MR) is 74.5 cm³/mol. The fraction of sp³-hybridized carbons (Fsp3) is 0.462. The molecule has 0 spiro atoms. The highest BCUT2D eigenvalue weighted by Crippen LogP contribution is 2.17. The number of hydrogen-bond acceptors (Lipinski definition) is 7. The first-order chi connectivity index (χ1) is 10.2. The van der Waals surface area contributed by atoms with Gasteiger partial charge in [-0.2, -0.15) is 4.98 Å². The van der Waals surface area contributed by atoms with Crippen LogP contribution in [-0.2, 0) is 4.74 Å². The third kappa shape index (κ3) is 3.35. The van der Waals surface area contributed by atoms with Gasteiger partial charge in [-0.15, -0.1) is 0 Å². The fourth-order valence-corrected chi connectivity index (χ4v) is 2.22. The molecule has 112 valence electrons. The maximum Gasteiger partial charge on any atom is 0.258 e. The lowest BCUT2D eigenvalue weighted by molar-refractivity contribution is 0.0348. The van der Waals surface area contributed by atoms with Gasteiger partial charge >= 0.3 is 0 Å². The van der Waals surface area contributed by atoms with Crippen molar-refractivity contribution in [1.82, 2.24) is 20.0 Å². The van der Waals surface area contributed by atoms with E-state index in [1.807, 2.05) is 0 Å². The summed E-state index contributed by atoms with van der Waals surface area (Å²) in [6, 6.07) is 2.78. The summed E-state index contributed by atoms with van der Waals surface area (Å²) in [6.07, 6.45) is 1.54. The number of morpholine rings is 1. The molecule has 1 aliphatic rings. The minimum atomic E-state index is -0.331. The molecule has 8 nitrogen and oxygen atoms in total. The number of H-pyrrole nitrogens is 1. The number of rotatable bonds is 4. The molecule has 1 atom stereocenters. The maximum atomic E-state index is 11.3. The predicted octanol–water partition coefficient (Wildman–Crippen LogP) is -0.243. The summed E-state index contributed by atoms with van der Waals surface area (Å²) in [4.78, 5) is 20.3. The molecule has 0 aromatic carbocycles. The Morgan fingerprint density at radius 3 is 3.00 bits per heavy atom. The number of nitrogens with zero attached hydrogens (tertiary/aromatic N) is 3. The molecule has 0 saturated carbocycles. The van der Waals surface area contributed by atoms with Crippen molar-refractivity contribution in [2.75, 3.05) is 32.8 Å². The largest absolute Gasteiger partial charge is 0.379 e. The maximum absolute atomic E-state index is 11.3. The van der Waals surface area contributed by atoms with Crippen molar-refractivity contribution in [3.63, 3.8) is 0 Å². The van der Waals surface area contributed by atoms with Crippen molar-refractivity contribution in [2.45, 2.75) is 6.04 Å². The molecule has 0 amide bonds. The highest BCUT2D eigenvalue weighted by Gasteiger charge is 2.20. The monoisotopic (exact) mass is 291 g/mol. The molecular weight excluding hydrogens is 274 g/mol. The summed E-state index contributed by atoms with van der Waals surface area (Å²) in [5.41, 5.74) is 6.47. The minimum Gasteiger partial charge on any atom is -0.379 e. The molecule has 0 radical (unpaired) electrons. The molecular formula is C13H17N5O3. The quantitative estimate of drug-likeness (QED) is 0.799. The number of aromatic amines is 1. The van der Waals surface area contributed by atoms with E-state index in [0.717, 1.165) is 26.3 Å². The van der Waals surface area contributed by atoms with Gasteiger partial charge in [0.05, 0.1) is 19.3 Å². The molecule has 1 saturated heterocycles. The van der Waals surface area contributed by atoms with Crippen LogP contribution >= 0.6 is 0 Å². The number of ether oxygens (including phenoxy) is 1. The van der Waals surface area contributed by atoms with E-state index in [1.54, 1.807) is 6.07 Å². The molecule has 0 bridgehead atoms. The van der Waals surface area contributed by atoms with Crippen LogP contribution in [0.2, 0.25) is 0 Å². The summed E-state index contributed by atoms with van der Waals surface area (Å²) >= 11 is 0. The second-order valence-corrected chi connectivity index (χ2v) is 4.92. The van der Waals surface area contributed by atoms with Gasteiger partial charge in [0.2, 0.25) is 5.56 Å². The number of hydrogen-bond donors (Lipinski definition) is 2. The van der Waals surface area contributed by atoms with Crippen LogP contribution in [0.1, 0.15) is 11.9 Å². The number of aromatic nitrogens is 3. The van der Waals surface area contributed by atoms with E-state index >= 15 is 0 Å². The van der Waals surface area contributed by atoms with E-state index in [-0.39, 0.29) is 11.6 Å². The van der Waals surface area contributed by atoms with E-state index in [4.69, 9.17) is 15.0 Å². The van der Waals surface area contributed by atoms with Crippen molar-refractivity contribution in [2.24, 2.45) is 5.73 Å². The van der Waals surface area contributed by atoms with Crippen molar-refractivity contribution < 1.29 is 9.26 Å². The molecule has 1 fully saturated rings. The first kappa shape index (κ1) is 13.9. The molecule has 3 N–H and O–H groups in total. The first-order valence-electron chi connectivity index (χ1n) is 6.81. The van der Waals surface area contributed by atoms with Gasteiger partial charge in [0.25, 0.3) is 5.89 Å². The lowest BCUT2D eigenvalue weighted by atomic mass is 10.2.